The standard InChI is InChI=1S/C15H21NO4/c1-4-20-12-7-5-11(6-8-12)9-13(17)16-14(10(2)3)15(18)19/h5-8,10,14H,4,9H2,1-3H3,(H,16,17)(H,18,19). The second-order valence-corrected chi connectivity index (χ2v) is 4.88. The number of hydrogen-bond donors (Lipinski definition) is 2. The van der Waals surface area contributed by atoms with E-state index in [4.69, 9.17) is 9.84 Å². The van der Waals surface area contributed by atoms with Crippen LogP contribution in [0.2, 0.25) is 0 Å². The summed E-state index contributed by atoms with van der Waals surface area (Å²) in [5.74, 6) is -0.714. The summed E-state index contributed by atoms with van der Waals surface area (Å²) in [7, 11) is 0. The molecule has 0 aliphatic rings. The van der Waals surface area contributed by atoms with E-state index in [1.165, 1.54) is 0 Å². The van der Waals surface area contributed by atoms with E-state index < -0.39 is 12.0 Å². The highest BCUT2D eigenvalue weighted by Crippen LogP contribution is 2.12. The molecule has 1 amide bonds. The first-order chi connectivity index (χ1) is 9.43. The van der Waals surface area contributed by atoms with Gasteiger partial charge in [0.25, 0.3) is 0 Å². The highest BCUT2D eigenvalue weighted by molar-refractivity contribution is 5.85. The Hall–Kier alpha value is -2.04. The van der Waals surface area contributed by atoms with Crippen LogP contribution in [-0.4, -0.2) is 29.6 Å². The average molecular weight is 279 g/mol. The molecule has 0 aliphatic heterocycles. The largest absolute Gasteiger partial charge is 0.494 e. The zero-order valence-corrected chi connectivity index (χ0v) is 12.1. The number of hydrogen-bond acceptors (Lipinski definition) is 3. The van der Waals surface area contributed by atoms with Gasteiger partial charge in [-0.05, 0) is 30.5 Å². The molecule has 1 aromatic rings. The molecule has 0 saturated heterocycles. The minimum atomic E-state index is -1.01. The predicted molar refractivity (Wildman–Crippen MR) is 75.7 cm³/mol. The van der Waals surface area contributed by atoms with Gasteiger partial charge in [-0.1, -0.05) is 26.0 Å². The molecular formula is C15H21NO4. The molecule has 110 valence electrons. The Morgan fingerprint density at radius 1 is 1.25 bits per heavy atom. The third-order valence-corrected chi connectivity index (χ3v) is 2.85. The fourth-order valence-electron chi connectivity index (χ4n) is 1.79. The quantitative estimate of drug-likeness (QED) is 0.798. The van der Waals surface area contributed by atoms with Crippen molar-refractivity contribution in [2.45, 2.75) is 33.2 Å². The number of ether oxygens (including phenoxy) is 1. The van der Waals surface area contributed by atoms with Crippen LogP contribution >= 0.6 is 0 Å². The number of amides is 1. The molecule has 2 N–H and O–H groups in total. The first-order valence-corrected chi connectivity index (χ1v) is 6.68. The van der Waals surface area contributed by atoms with E-state index in [1.54, 1.807) is 38.1 Å². The molecule has 0 radical (unpaired) electrons. The van der Waals surface area contributed by atoms with E-state index in [2.05, 4.69) is 5.32 Å². The van der Waals surface area contributed by atoms with E-state index in [-0.39, 0.29) is 18.2 Å². The van der Waals surface area contributed by atoms with Crippen LogP contribution in [0.1, 0.15) is 26.3 Å². The second-order valence-electron chi connectivity index (χ2n) is 4.88. The Labute approximate surface area is 118 Å². The zero-order valence-electron chi connectivity index (χ0n) is 12.1. The van der Waals surface area contributed by atoms with Crippen molar-refractivity contribution in [1.82, 2.24) is 5.32 Å². The van der Waals surface area contributed by atoms with Gasteiger partial charge in [0.1, 0.15) is 11.8 Å². The number of benzene rings is 1. The van der Waals surface area contributed by atoms with Crippen molar-refractivity contribution < 1.29 is 19.4 Å². The molecule has 0 saturated carbocycles. The number of nitrogens with one attached hydrogen (secondary N) is 1. The predicted octanol–water partition coefficient (Wildman–Crippen LogP) is 1.85. The monoisotopic (exact) mass is 279 g/mol. The lowest BCUT2D eigenvalue weighted by Gasteiger charge is -2.17. The minimum Gasteiger partial charge on any atom is -0.494 e. The van der Waals surface area contributed by atoms with Crippen LogP contribution < -0.4 is 10.1 Å². The molecule has 5 heteroatoms. The average Bonchev–Trinajstić information content (AvgIpc) is 2.38. The Bertz CT molecular complexity index is 453. The van der Waals surface area contributed by atoms with Crippen molar-refractivity contribution >= 4 is 11.9 Å². The molecule has 0 fully saturated rings. The van der Waals surface area contributed by atoms with Gasteiger partial charge in [-0.25, -0.2) is 4.79 Å². The van der Waals surface area contributed by atoms with E-state index in [0.717, 1.165) is 11.3 Å². The highest BCUT2D eigenvalue weighted by Gasteiger charge is 2.23. The Kier molecular flexibility index (Phi) is 6.03. The van der Waals surface area contributed by atoms with Gasteiger partial charge in [-0.15, -0.1) is 0 Å². The summed E-state index contributed by atoms with van der Waals surface area (Å²) in [6.45, 7) is 6.01. The lowest BCUT2D eigenvalue weighted by Crippen LogP contribution is -2.44. The number of rotatable bonds is 7. The maximum atomic E-state index is 11.8. The van der Waals surface area contributed by atoms with Gasteiger partial charge >= 0.3 is 5.97 Å². The number of carbonyl (C=O) groups is 2. The van der Waals surface area contributed by atoms with E-state index in [9.17, 15) is 9.59 Å². The van der Waals surface area contributed by atoms with E-state index in [1.807, 2.05) is 6.92 Å². The van der Waals surface area contributed by atoms with Crippen molar-refractivity contribution in [2.75, 3.05) is 6.61 Å². The SMILES string of the molecule is CCOc1ccc(CC(=O)NC(C(=O)O)C(C)C)cc1. The van der Waals surface area contributed by atoms with Crippen LogP contribution in [0, 0.1) is 5.92 Å². The topological polar surface area (TPSA) is 75.6 Å². The molecule has 0 heterocycles. The van der Waals surface area contributed by atoms with Crippen LogP contribution in [0.3, 0.4) is 0 Å². The molecule has 0 bridgehead atoms. The maximum Gasteiger partial charge on any atom is 0.326 e. The summed E-state index contributed by atoms with van der Waals surface area (Å²) in [5.41, 5.74) is 0.818. The van der Waals surface area contributed by atoms with Gasteiger partial charge in [0.15, 0.2) is 0 Å². The van der Waals surface area contributed by atoms with Crippen molar-refractivity contribution in [1.29, 1.82) is 0 Å². The van der Waals surface area contributed by atoms with Gasteiger partial charge in [0, 0.05) is 0 Å². The molecule has 0 aromatic heterocycles. The Morgan fingerprint density at radius 2 is 1.85 bits per heavy atom. The molecule has 1 atom stereocenters. The smallest absolute Gasteiger partial charge is 0.326 e. The molecule has 0 aliphatic carbocycles. The molecular weight excluding hydrogens is 258 g/mol. The van der Waals surface area contributed by atoms with Crippen LogP contribution in [0.4, 0.5) is 0 Å². The minimum absolute atomic E-state index is 0.156. The van der Waals surface area contributed by atoms with Crippen molar-refractivity contribution in [3.8, 4) is 5.75 Å². The van der Waals surface area contributed by atoms with Crippen LogP contribution in [0.15, 0.2) is 24.3 Å². The molecule has 1 rings (SSSR count). The van der Waals surface area contributed by atoms with Gasteiger partial charge in [-0.2, -0.15) is 0 Å². The molecule has 1 aromatic carbocycles. The molecule has 0 spiro atoms. The number of carboxylic acids is 1. The van der Waals surface area contributed by atoms with Gasteiger partial charge in [-0.3, -0.25) is 4.79 Å². The van der Waals surface area contributed by atoms with Crippen molar-refractivity contribution in [2.24, 2.45) is 5.92 Å². The second kappa shape index (κ2) is 7.53. The summed E-state index contributed by atoms with van der Waals surface area (Å²) < 4.78 is 5.32. The van der Waals surface area contributed by atoms with E-state index >= 15 is 0 Å². The molecule has 5 nitrogen and oxygen atoms in total. The van der Waals surface area contributed by atoms with Crippen molar-refractivity contribution in [3.63, 3.8) is 0 Å². The Morgan fingerprint density at radius 3 is 2.30 bits per heavy atom. The highest BCUT2D eigenvalue weighted by atomic mass is 16.5. The number of carboxylic acid groups (broad SMARTS) is 1. The first-order valence-electron chi connectivity index (χ1n) is 6.68. The molecule has 20 heavy (non-hydrogen) atoms. The number of aliphatic carboxylic acids is 1. The lowest BCUT2D eigenvalue weighted by atomic mass is 10.0. The van der Waals surface area contributed by atoms with Gasteiger partial charge < -0.3 is 15.2 Å². The fraction of sp³-hybridized carbons (Fsp3) is 0.467. The van der Waals surface area contributed by atoms with Gasteiger partial charge in [0.05, 0.1) is 13.0 Å². The lowest BCUT2D eigenvalue weighted by molar-refractivity contribution is -0.143. The summed E-state index contributed by atoms with van der Waals surface area (Å²) in [5, 5.41) is 11.6. The van der Waals surface area contributed by atoms with Crippen LogP contribution in [0.5, 0.6) is 5.75 Å². The first kappa shape index (κ1) is 16.0. The summed E-state index contributed by atoms with van der Waals surface area (Å²) in [4.78, 5) is 22.9. The summed E-state index contributed by atoms with van der Waals surface area (Å²) in [6.07, 6.45) is 0.156. The molecule has 1 unspecified atom stereocenters. The maximum absolute atomic E-state index is 11.8. The third kappa shape index (κ3) is 4.91. The van der Waals surface area contributed by atoms with Crippen LogP contribution in [-0.2, 0) is 16.0 Å². The summed E-state index contributed by atoms with van der Waals surface area (Å²) in [6, 6.07) is 6.34. The van der Waals surface area contributed by atoms with Crippen LogP contribution in [0.25, 0.3) is 0 Å². The summed E-state index contributed by atoms with van der Waals surface area (Å²) >= 11 is 0. The van der Waals surface area contributed by atoms with E-state index in [0.29, 0.717) is 6.61 Å². The normalized spacial score (nSPS) is 12.0. The fourth-order valence-corrected chi connectivity index (χ4v) is 1.79. The van der Waals surface area contributed by atoms with Gasteiger partial charge in [0.2, 0.25) is 5.91 Å². The van der Waals surface area contributed by atoms with Crippen molar-refractivity contribution in [3.05, 3.63) is 29.8 Å². The number of carbonyl (C=O) groups excluding carboxylic acids is 1. The third-order valence-electron chi connectivity index (χ3n) is 2.85. The zero-order chi connectivity index (χ0) is 15.1. The Balaban J connectivity index is 2.59.